The van der Waals surface area contributed by atoms with Crippen molar-refractivity contribution >= 4 is 5.97 Å². The molecule has 0 amide bonds. The van der Waals surface area contributed by atoms with E-state index < -0.39 is 6.04 Å². The van der Waals surface area contributed by atoms with Crippen LogP contribution in [0.1, 0.15) is 36.8 Å². The molecule has 2 atom stereocenters. The first-order chi connectivity index (χ1) is 10.6. The third kappa shape index (κ3) is 3.25. The maximum atomic E-state index is 11.6. The largest absolute Gasteiger partial charge is 0.493 e. The number of hydrogen-bond acceptors (Lipinski definition) is 5. The van der Waals surface area contributed by atoms with Gasteiger partial charge in [0.05, 0.1) is 6.61 Å². The van der Waals surface area contributed by atoms with Crippen LogP contribution in [0.5, 0.6) is 11.5 Å². The van der Waals surface area contributed by atoms with Gasteiger partial charge in [-0.3, -0.25) is 0 Å². The van der Waals surface area contributed by atoms with Crippen molar-refractivity contribution in [1.82, 2.24) is 5.32 Å². The number of nitrogens with one attached hydrogen (secondary N) is 1. The van der Waals surface area contributed by atoms with Gasteiger partial charge in [-0.05, 0) is 44.4 Å². The molecule has 0 aromatic heterocycles. The summed E-state index contributed by atoms with van der Waals surface area (Å²) in [7, 11) is 0. The van der Waals surface area contributed by atoms with Crippen molar-refractivity contribution in [2.75, 3.05) is 13.2 Å². The highest BCUT2D eigenvalue weighted by atomic mass is 16.5. The van der Waals surface area contributed by atoms with E-state index in [0.29, 0.717) is 24.8 Å². The molecule has 3 N–H and O–H groups in total. The van der Waals surface area contributed by atoms with Gasteiger partial charge in [-0.25, -0.2) is 4.79 Å². The molecule has 3 rings (SSSR count). The molecule has 0 radical (unpaired) electrons. The van der Waals surface area contributed by atoms with Crippen LogP contribution >= 0.6 is 0 Å². The first-order valence-corrected chi connectivity index (χ1v) is 8.11. The number of hydrogen-bond donors (Lipinski definition) is 2. The topological polar surface area (TPSA) is 73.6 Å². The second-order valence-corrected chi connectivity index (χ2v) is 6.19. The van der Waals surface area contributed by atoms with E-state index in [1.165, 1.54) is 19.3 Å². The zero-order valence-corrected chi connectivity index (χ0v) is 13.1. The summed E-state index contributed by atoms with van der Waals surface area (Å²) < 4.78 is 11.3. The lowest BCUT2D eigenvalue weighted by atomic mass is 9.99. The minimum atomic E-state index is -0.559. The number of fused-ring (bicyclic) bond motifs is 1. The van der Waals surface area contributed by atoms with E-state index in [2.05, 4.69) is 5.32 Å². The summed E-state index contributed by atoms with van der Waals surface area (Å²) in [5, 5.41) is 3.52. The number of benzene rings is 1. The number of esters is 1. The van der Waals surface area contributed by atoms with Crippen molar-refractivity contribution in [2.24, 2.45) is 5.73 Å². The van der Waals surface area contributed by atoms with E-state index in [-0.39, 0.29) is 5.97 Å². The standard InChI is InChI=1S/C17H24N2O3/c1-11-15(21-9-7-13-4-2-3-8-19-13)6-5-12-10-14(18)17(20)22-16(11)12/h5-6,13-14,19H,2-4,7-10,18H2,1H3. The van der Waals surface area contributed by atoms with Crippen LogP contribution < -0.4 is 20.5 Å². The first kappa shape index (κ1) is 15.3. The summed E-state index contributed by atoms with van der Waals surface area (Å²) in [6, 6.07) is 3.90. The van der Waals surface area contributed by atoms with Crippen LogP contribution in [0.25, 0.3) is 0 Å². The highest BCUT2D eigenvalue weighted by Crippen LogP contribution is 2.35. The molecule has 1 fully saturated rings. The predicted octanol–water partition coefficient (Wildman–Crippen LogP) is 1.69. The number of nitrogens with two attached hydrogens (primary N) is 1. The third-order valence-corrected chi connectivity index (χ3v) is 4.52. The molecule has 0 bridgehead atoms. The fraction of sp³-hybridized carbons (Fsp3) is 0.588. The summed E-state index contributed by atoms with van der Waals surface area (Å²) in [5.41, 5.74) is 7.59. The quantitative estimate of drug-likeness (QED) is 0.654. The molecule has 1 aromatic carbocycles. The molecule has 0 spiro atoms. The van der Waals surface area contributed by atoms with Crippen molar-refractivity contribution in [3.8, 4) is 11.5 Å². The van der Waals surface area contributed by atoms with Gasteiger partial charge in [0.1, 0.15) is 17.5 Å². The SMILES string of the molecule is Cc1c(OCCC2CCCCN2)ccc2c1OC(=O)C(N)C2. The Kier molecular flexibility index (Phi) is 4.64. The molecule has 2 unspecified atom stereocenters. The van der Waals surface area contributed by atoms with Gasteiger partial charge in [0.2, 0.25) is 0 Å². The fourth-order valence-electron chi connectivity index (χ4n) is 3.17. The summed E-state index contributed by atoms with van der Waals surface area (Å²) in [4.78, 5) is 11.6. The summed E-state index contributed by atoms with van der Waals surface area (Å²) in [6.07, 6.45) is 5.32. The van der Waals surface area contributed by atoms with Crippen LogP contribution in [0.15, 0.2) is 12.1 Å². The summed E-state index contributed by atoms with van der Waals surface area (Å²) in [6.45, 7) is 3.71. The van der Waals surface area contributed by atoms with Gasteiger partial charge < -0.3 is 20.5 Å². The van der Waals surface area contributed by atoms with E-state index in [1.807, 2.05) is 19.1 Å². The lowest BCUT2D eigenvalue weighted by Crippen LogP contribution is -2.39. The second kappa shape index (κ2) is 6.67. The zero-order valence-electron chi connectivity index (χ0n) is 13.1. The molecule has 5 nitrogen and oxygen atoms in total. The van der Waals surface area contributed by atoms with Crippen LogP contribution in [0.2, 0.25) is 0 Å². The van der Waals surface area contributed by atoms with Gasteiger partial charge in [0.15, 0.2) is 0 Å². The average molecular weight is 304 g/mol. The van der Waals surface area contributed by atoms with Crippen LogP contribution in [-0.2, 0) is 11.2 Å². The van der Waals surface area contributed by atoms with E-state index in [9.17, 15) is 4.79 Å². The highest BCUT2D eigenvalue weighted by Gasteiger charge is 2.27. The van der Waals surface area contributed by atoms with Crippen LogP contribution in [-0.4, -0.2) is 31.2 Å². The number of carbonyl (C=O) groups excluding carboxylic acids is 1. The predicted molar refractivity (Wildman–Crippen MR) is 84.2 cm³/mol. The van der Waals surface area contributed by atoms with E-state index in [1.54, 1.807) is 0 Å². The average Bonchev–Trinajstić information content (AvgIpc) is 2.53. The first-order valence-electron chi connectivity index (χ1n) is 8.11. The number of carbonyl (C=O) groups is 1. The molecule has 2 heterocycles. The number of piperidine rings is 1. The van der Waals surface area contributed by atoms with Gasteiger partial charge in [0.25, 0.3) is 0 Å². The zero-order chi connectivity index (χ0) is 15.5. The van der Waals surface area contributed by atoms with E-state index in [4.69, 9.17) is 15.2 Å². The fourth-order valence-corrected chi connectivity index (χ4v) is 3.17. The molecule has 1 saturated heterocycles. The van der Waals surface area contributed by atoms with Crippen molar-refractivity contribution in [2.45, 2.75) is 51.1 Å². The van der Waals surface area contributed by atoms with Crippen molar-refractivity contribution in [3.63, 3.8) is 0 Å². The van der Waals surface area contributed by atoms with Gasteiger partial charge in [-0.2, -0.15) is 0 Å². The minimum Gasteiger partial charge on any atom is -0.493 e. The molecule has 0 saturated carbocycles. The van der Waals surface area contributed by atoms with Gasteiger partial charge in [-0.15, -0.1) is 0 Å². The van der Waals surface area contributed by atoms with Gasteiger partial charge >= 0.3 is 5.97 Å². The molecule has 2 aliphatic heterocycles. The van der Waals surface area contributed by atoms with Crippen LogP contribution in [0.3, 0.4) is 0 Å². The summed E-state index contributed by atoms with van der Waals surface area (Å²) in [5.74, 6) is 1.05. The third-order valence-electron chi connectivity index (χ3n) is 4.52. The highest BCUT2D eigenvalue weighted by molar-refractivity contribution is 5.81. The molecular formula is C17H24N2O3. The van der Waals surface area contributed by atoms with Gasteiger partial charge in [0, 0.05) is 18.0 Å². The van der Waals surface area contributed by atoms with Crippen molar-refractivity contribution in [3.05, 3.63) is 23.3 Å². The minimum absolute atomic E-state index is 0.362. The molecule has 0 aliphatic carbocycles. The smallest absolute Gasteiger partial charge is 0.328 e. The Labute approximate surface area is 131 Å². The number of ether oxygens (including phenoxy) is 2. The maximum absolute atomic E-state index is 11.6. The lowest BCUT2D eigenvalue weighted by molar-refractivity contribution is -0.136. The van der Waals surface area contributed by atoms with Crippen LogP contribution in [0.4, 0.5) is 0 Å². The van der Waals surface area contributed by atoms with Crippen LogP contribution in [0, 0.1) is 6.92 Å². The summed E-state index contributed by atoms with van der Waals surface area (Å²) >= 11 is 0. The molecular weight excluding hydrogens is 280 g/mol. The maximum Gasteiger partial charge on any atom is 0.328 e. The second-order valence-electron chi connectivity index (χ2n) is 6.19. The van der Waals surface area contributed by atoms with Gasteiger partial charge in [-0.1, -0.05) is 12.5 Å². The number of rotatable bonds is 4. The Balaban J connectivity index is 1.62. The molecule has 2 aliphatic rings. The molecule has 22 heavy (non-hydrogen) atoms. The Hall–Kier alpha value is -1.59. The Bertz CT molecular complexity index is 553. The lowest BCUT2D eigenvalue weighted by Gasteiger charge is -2.25. The van der Waals surface area contributed by atoms with Crippen molar-refractivity contribution in [1.29, 1.82) is 0 Å². The monoisotopic (exact) mass is 304 g/mol. The van der Waals surface area contributed by atoms with Crippen molar-refractivity contribution < 1.29 is 14.3 Å². The molecule has 120 valence electrons. The normalized spacial score (nSPS) is 24.5. The Morgan fingerprint density at radius 3 is 3.05 bits per heavy atom. The van der Waals surface area contributed by atoms with E-state index >= 15 is 0 Å². The molecule has 5 heteroatoms. The Morgan fingerprint density at radius 1 is 1.41 bits per heavy atom. The van der Waals surface area contributed by atoms with E-state index in [0.717, 1.165) is 29.8 Å². The molecule has 1 aromatic rings. The Morgan fingerprint density at radius 2 is 2.27 bits per heavy atom.